The average molecular weight is 310 g/mol. The first-order valence-electron chi connectivity index (χ1n) is 3.66. The van der Waals surface area contributed by atoms with Crippen LogP contribution in [0.3, 0.4) is 0 Å². The molecule has 1 aromatic carbocycles. The fourth-order valence-electron chi connectivity index (χ4n) is 0.932. The lowest BCUT2D eigenvalue weighted by atomic mass is 10.1. The van der Waals surface area contributed by atoms with Crippen LogP contribution < -0.4 is 0 Å². The second-order valence-corrected chi connectivity index (χ2v) is 4.80. The molecule has 0 N–H and O–H groups in total. The maximum atomic E-state index is 13.2. The van der Waals surface area contributed by atoms with Crippen LogP contribution in [0.15, 0.2) is 22.7 Å². The molecule has 0 heterocycles. The third kappa shape index (κ3) is 2.38. The van der Waals surface area contributed by atoms with Gasteiger partial charge in [0.1, 0.15) is 5.82 Å². The van der Waals surface area contributed by atoms with E-state index in [1.807, 2.05) is 0 Å². The van der Waals surface area contributed by atoms with Crippen LogP contribution in [0.25, 0.3) is 0 Å². The van der Waals surface area contributed by atoms with Crippen LogP contribution in [0.2, 0.25) is 0 Å². The maximum absolute atomic E-state index is 13.2. The highest BCUT2D eigenvalue weighted by atomic mass is 79.9. The summed E-state index contributed by atoms with van der Waals surface area (Å²) >= 11 is 6.24. The zero-order chi connectivity index (χ0) is 10.0. The predicted molar refractivity (Wildman–Crippen MR) is 56.8 cm³/mol. The van der Waals surface area contributed by atoms with Gasteiger partial charge in [-0.25, -0.2) is 4.39 Å². The molecule has 0 radical (unpaired) electrons. The van der Waals surface area contributed by atoms with Crippen LogP contribution in [0.5, 0.6) is 0 Å². The highest BCUT2D eigenvalue weighted by Crippen LogP contribution is 2.22. The molecule has 0 spiro atoms. The molecule has 0 aliphatic heterocycles. The van der Waals surface area contributed by atoms with Gasteiger partial charge in [0.15, 0.2) is 5.78 Å². The Morgan fingerprint density at radius 1 is 1.54 bits per heavy atom. The molecule has 70 valence electrons. The number of benzene rings is 1. The highest BCUT2D eigenvalue weighted by Gasteiger charge is 2.18. The predicted octanol–water partition coefficient (Wildman–Crippen LogP) is 3.55. The largest absolute Gasteiger partial charge is 0.293 e. The Kier molecular flexibility index (Phi) is 3.62. The normalized spacial score (nSPS) is 12.6. The zero-order valence-corrected chi connectivity index (χ0v) is 10.0. The van der Waals surface area contributed by atoms with E-state index in [9.17, 15) is 9.18 Å². The number of hydrogen-bond acceptors (Lipinski definition) is 1. The van der Waals surface area contributed by atoms with Gasteiger partial charge >= 0.3 is 0 Å². The van der Waals surface area contributed by atoms with Gasteiger partial charge in [0.25, 0.3) is 0 Å². The lowest BCUT2D eigenvalue weighted by Crippen LogP contribution is -2.12. The second kappa shape index (κ2) is 4.33. The summed E-state index contributed by atoms with van der Waals surface area (Å²) in [6.45, 7) is 1.67. The van der Waals surface area contributed by atoms with E-state index in [2.05, 4.69) is 31.9 Å². The number of Topliss-reactive ketones (excluding diaryl/α,β-unsaturated/α-hetero) is 1. The standard InChI is InChI=1S/C9H7Br2FO/c1-5(10)9(13)8-6(11)3-2-4-7(8)12/h2-5H,1H3. The Morgan fingerprint density at radius 2 is 2.15 bits per heavy atom. The first-order chi connectivity index (χ1) is 6.04. The molecular formula is C9H7Br2FO. The van der Waals surface area contributed by atoms with Crippen molar-refractivity contribution < 1.29 is 9.18 Å². The second-order valence-electron chi connectivity index (χ2n) is 2.58. The first kappa shape index (κ1) is 10.9. The van der Waals surface area contributed by atoms with Crippen LogP contribution in [0.1, 0.15) is 17.3 Å². The molecule has 0 aromatic heterocycles. The van der Waals surface area contributed by atoms with Crippen molar-refractivity contribution >= 4 is 37.6 Å². The summed E-state index contributed by atoms with van der Waals surface area (Å²) in [5.41, 5.74) is 0.104. The summed E-state index contributed by atoms with van der Waals surface area (Å²) in [6, 6.07) is 4.47. The quantitative estimate of drug-likeness (QED) is 0.603. The van der Waals surface area contributed by atoms with Crippen LogP contribution >= 0.6 is 31.9 Å². The van der Waals surface area contributed by atoms with Crippen LogP contribution in [-0.2, 0) is 0 Å². The molecule has 0 bridgehead atoms. The van der Waals surface area contributed by atoms with Gasteiger partial charge in [-0.15, -0.1) is 0 Å². The molecule has 1 nitrogen and oxygen atoms in total. The fourth-order valence-corrected chi connectivity index (χ4v) is 1.70. The Bertz CT molecular complexity index is 316. The van der Waals surface area contributed by atoms with E-state index in [0.717, 1.165) is 0 Å². The van der Waals surface area contributed by atoms with E-state index in [4.69, 9.17) is 0 Å². The van der Waals surface area contributed by atoms with Gasteiger partial charge in [-0.1, -0.05) is 22.0 Å². The molecule has 0 saturated carbocycles. The van der Waals surface area contributed by atoms with Gasteiger partial charge in [0.2, 0.25) is 0 Å². The van der Waals surface area contributed by atoms with Crippen molar-refractivity contribution in [2.75, 3.05) is 0 Å². The van der Waals surface area contributed by atoms with Crippen molar-refractivity contribution in [3.05, 3.63) is 34.1 Å². The van der Waals surface area contributed by atoms with E-state index in [1.54, 1.807) is 19.1 Å². The summed E-state index contributed by atoms with van der Waals surface area (Å²) in [7, 11) is 0. The molecule has 0 amide bonds. The number of alkyl halides is 1. The molecular weight excluding hydrogens is 303 g/mol. The minimum Gasteiger partial charge on any atom is -0.293 e. The lowest BCUT2D eigenvalue weighted by Gasteiger charge is -2.05. The van der Waals surface area contributed by atoms with Crippen molar-refractivity contribution in [2.24, 2.45) is 0 Å². The Balaban J connectivity index is 3.20. The van der Waals surface area contributed by atoms with E-state index in [-0.39, 0.29) is 16.2 Å². The molecule has 1 rings (SSSR count). The molecule has 1 atom stereocenters. The summed E-state index contributed by atoms with van der Waals surface area (Å²) in [4.78, 5) is 11.1. The SMILES string of the molecule is CC(Br)C(=O)c1c(F)cccc1Br. The molecule has 1 unspecified atom stereocenters. The number of carbonyl (C=O) groups is 1. The monoisotopic (exact) mass is 308 g/mol. The van der Waals surface area contributed by atoms with Gasteiger partial charge < -0.3 is 0 Å². The molecule has 1 aromatic rings. The highest BCUT2D eigenvalue weighted by molar-refractivity contribution is 9.10. The van der Waals surface area contributed by atoms with Crippen LogP contribution in [-0.4, -0.2) is 10.6 Å². The number of carbonyl (C=O) groups excluding carboxylic acids is 1. The Hall–Kier alpha value is -0.220. The number of hydrogen-bond donors (Lipinski definition) is 0. The van der Waals surface area contributed by atoms with E-state index < -0.39 is 5.82 Å². The Labute approximate surface area is 92.6 Å². The van der Waals surface area contributed by atoms with Crippen molar-refractivity contribution in [3.63, 3.8) is 0 Å². The minimum atomic E-state index is -0.495. The van der Waals surface area contributed by atoms with E-state index in [0.29, 0.717) is 4.47 Å². The lowest BCUT2D eigenvalue weighted by molar-refractivity contribution is 0.0991. The van der Waals surface area contributed by atoms with Gasteiger partial charge in [-0.2, -0.15) is 0 Å². The minimum absolute atomic E-state index is 0.104. The van der Waals surface area contributed by atoms with Crippen LogP contribution in [0.4, 0.5) is 4.39 Å². The topological polar surface area (TPSA) is 17.1 Å². The summed E-state index contributed by atoms with van der Waals surface area (Å²) in [5.74, 6) is -0.754. The summed E-state index contributed by atoms with van der Waals surface area (Å²) < 4.78 is 13.7. The molecule has 0 fully saturated rings. The third-order valence-corrected chi connectivity index (χ3v) is 2.65. The van der Waals surface area contributed by atoms with Crippen molar-refractivity contribution in [2.45, 2.75) is 11.8 Å². The summed E-state index contributed by atoms with van der Waals surface area (Å²) in [6.07, 6.45) is 0. The van der Waals surface area contributed by atoms with Gasteiger partial charge in [0.05, 0.1) is 10.4 Å². The van der Waals surface area contributed by atoms with E-state index >= 15 is 0 Å². The summed E-state index contributed by atoms with van der Waals surface area (Å²) in [5, 5.41) is 0. The number of rotatable bonds is 2. The van der Waals surface area contributed by atoms with Gasteiger partial charge in [-0.3, -0.25) is 4.79 Å². The zero-order valence-electron chi connectivity index (χ0n) is 6.85. The third-order valence-electron chi connectivity index (χ3n) is 1.57. The Morgan fingerprint density at radius 3 is 2.62 bits per heavy atom. The molecule has 0 aliphatic carbocycles. The molecule has 0 saturated heterocycles. The van der Waals surface area contributed by atoms with Gasteiger partial charge in [0, 0.05) is 4.47 Å². The first-order valence-corrected chi connectivity index (χ1v) is 5.37. The van der Waals surface area contributed by atoms with Crippen molar-refractivity contribution in [3.8, 4) is 0 Å². The maximum Gasteiger partial charge on any atom is 0.180 e. The number of ketones is 1. The van der Waals surface area contributed by atoms with Crippen molar-refractivity contribution in [1.82, 2.24) is 0 Å². The van der Waals surface area contributed by atoms with Crippen molar-refractivity contribution in [1.29, 1.82) is 0 Å². The van der Waals surface area contributed by atoms with Gasteiger partial charge in [-0.05, 0) is 35.0 Å². The molecule has 4 heteroatoms. The number of halogens is 3. The fraction of sp³-hybridized carbons (Fsp3) is 0.222. The average Bonchev–Trinajstić information content (AvgIpc) is 2.03. The molecule has 0 aliphatic rings. The van der Waals surface area contributed by atoms with E-state index in [1.165, 1.54) is 6.07 Å². The molecule has 13 heavy (non-hydrogen) atoms. The smallest absolute Gasteiger partial charge is 0.180 e. The van der Waals surface area contributed by atoms with Crippen LogP contribution in [0, 0.1) is 5.82 Å².